The van der Waals surface area contributed by atoms with Crippen LogP contribution >= 0.6 is 11.3 Å². The lowest BCUT2D eigenvalue weighted by atomic mass is 10.3. The van der Waals surface area contributed by atoms with Crippen LogP contribution in [0.25, 0.3) is 0 Å². The van der Waals surface area contributed by atoms with Crippen LogP contribution in [0.15, 0.2) is 0 Å². The number of rotatable bonds is 5. The summed E-state index contributed by atoms with van der Waals surface area (Å²) in [7, 11) is 5.42. The zero-order valence-corrected chi connectivity index (χ0v) is 11.7. The van der Waals surface area contributed by atoms with Crippen molar-refractivity contribution < 1.29 is 9.53 Å². The Morgan fingerprint density at radius 3 is 2.76 bits per heavy atom. The maximum Gasteiger partial charge on any atom is 0.350 e. The highest BCUT2D eigenvalue weighted by Gasteiger charge is 2.16. The molecule has 0 aliphatic rings. The van der Waals surface area contributed by atoms with E-state index in [0.717, 1.165) is 11.7 Å². The van der Waals surface area contributed by atoms with Crippen molar-refractivity contribution in [2.75, 3.05) is 33.1 Å². The van der Waals surface area contributed by atoms with Gasteiger partial charge < -0.3 is 15.0 Å². The molecule has 17 heavy (non-hydrogen) atoms. The molecule has 0 aliphatic carbocycles. The largest absolute Gasteiger partial charge is 0.465 e. The molecule has 0 aliphatic heterocycles. The Hall–Kier alpha value is -1.14. The van der Waals surface area contributed by atoms with Crippen molar-refractivity contribution in [3.8, 4) is 0 Å². The minimum absolute atomic E-state index is 0.279. The number of aromatic nitrogens is 1. The molecule has 0 spiro atoms. The van der Waals surface area contributed by atoms with E-state index in [4.69, 9.17) is 4.74 Å². The molecule has 1 aromatic heterocycles. The van der Waals surface area contributed by atoms with E-state index in [1.807, 2.05) is 21.0 Å². The Kier molecular flexibility index (Phi) is 4.89. The number of nitrogens with zero attached hydrogens (tertiary/aromatic N) is 2. The average Bonchev–Trinajstić information content (AvgIpc) is 2.56. The van der Waals surface area contributed by atoms with Crippen LogP contribution in [0, 0.1) is 6.92 Å². The molecular formula is C11H19N3O2S. The number of ether oxygens (including phenoxy) is 1. The summed E-state index contributed by atoms with van der Waals surface area (Å²) >= 11 is 1.33. The third-order valence-electron chi connectivity index (χ3n) is 2.18. The van der Waals surface area contributed by atoms with Crippen molar-refractivity contribution in [1.82, 2.24) is 9.88 Å². The maximum atomic E-state index is 11.4. The van der Waals surface area contributed by atoms with Gasteiger partial charge in [-0.3, -0.25) is 0 Å². The lowest BCUT2D eigenvalue weighted by molar-refractivity contribution is 0.0605. The number of carbonyl (C=O) groups is 1. The number of esters is 1. The Bertz CT molecular complexity index is 390. The molecule has 0 saturated heterocycles. The van der Waals surface area contributed by atoms with Gasteiger partial charge in [0, 0.05) is 12.6 Å². The van der Waals surface area contributed by atoms with Crippen LogP contribution < -0.4 is 5.32 Å². The molecule has 1 rings (SSSR count). The summed E-state index contributed by atoms with van der Waals surface area (Å²) in [6.07, 6.45) is 0. The number of hydrogen-bond acceptors (Lipinski definition) is 6. The molecular weight excluding hydrogens is 238 g/mol. The van der Waals surface area contributed by atoms with Crippen LogP contribution in [-0.2, 0) is 4.74 Å². The first kappa shape index (κ1) is 13.9. The number of nitrogens with one attached hydrogen (secondary N) is 1. The van der Waals surface area contributed by atoms with Gasteiger partial charge in [-0.2, -0.15) is 0 Å². The van der Waals surface area contributed by atoms with E-state index in [1.165, 1.54) is 18.4 Å². The normalized spacial score (nSPS) is 12.6. The Morgan fingerprint density at radius 2 is 2.24 bits per heavy atom. The molecule has 1 aromatic rings. The van der Waals surface area contributed by atoms with Gasteiger partial charge in [-0.1, -0.05) is 11.3 Å². The third kappa shape index (κ3) is 3.98. The van der Waals surface area contributed by atoms with Crippen LogP contribution in [-0.4, -0.2) is 49.6 Å². The third-order valence-corrected chi connectivity index (χ3v) is 3.24. The first-order valence-corrected chi connectivity index (χ1v) is 6.22. The Balaban J connectivity index is 2.70. The van der Waals surface area contributed by atoms with Crippen molar-refractivity contribution >= 4 is 22.4 Å². The molecule has 5 nitrogen and oxygen atoms in total. The molecule has 0 radical (unpaired) electrons. The van der Waals surface area contributed by atoms with E-state index in [9.17, 15) is 4.79 Å². The van der Waals surface area contributed by atoms with Gasteiger partial charge in [-0.15, -0.1) is 0 Å². The van der Waals surface area contributed by atoms with E-state index in [1.54, 1.807) is 0 Å². The van der Waals surface area contributed by atoms with Crippen molar-refractivity contribution in [1.29, 1.82) is 0 Å². The van der Waals surface area contributed by atoms with Crippen LogP contribution in [0.2, 0.25) is 0 Å². The molecule has 96 valence electrons. The number of thiazole rings is 1. The minimum atomic E-state index is -0.326. The standard InChI is InChI=1S/C11H19N3O2S/c1-7(6-14(3)4)12-11-13-8(2)9(17-11)10(15)16-5/h7H,6H2,1-5H3,(H,12,13). The molecule has 1 N–H and O–H groups in total. The van der Waals surface area contributed by atoms with Gasteiger partial charge in [0.25, 0.3) is 0 Å². The highest BCUT2D eigenvalue weighted by atomic mass is 32.1. The average molecular weight is 257 g/mol. The second kappa shape index (κ2) is 5.97. The summed E-state index contributed by atoms with van der Waals surface area (Å²) in [5.74, 6) is -0.326. The van der Waals surface area contributed by atoms with Crippen LogP contribution in [0.4, 0.5) is 5.13 Å². The quantitative estimate of drug-likeness (QED) is 0.812. The molecule has 0 fully saturated rings. The van der Waals surface area contributed by atoms with Crippen LogP contribution in [0.3, 0.4) is 0 Å². The van der Waals surface area contributed by atoms with Crippen molar-refractivity contribution in [2.24, 2.45) is 0 Å². The van der Waals surface area contributed by atoms with Gasteiger partial charge in [-0.25, -0.2) is 9.78 Å². The van der Waals surface area contributed by atoms with E-state index in [0.29, 0.717) is 10.6 Å². The number of hydrogen-bond donors (Lipinski definition) is 1. The molecule has 0 bridgehead atoms. The second-order valence-electron chi connectivity index (χ2n) is 4.23. The number of likely N-dealkylation sites (N-methyl/N-ethyl adjacent to an activating group) is 1. The lowest BCUT2D eigenvalue weighted by Gasteiger charge is -2.17. The lowest BCUT2D eigenvalue weighted by Crippen LogP contribution is -2.29. The first-order chi connectivity index (χ1) is 7.93. The number of aryl methyl sites for hydroxylation is 1. The van der Waals surface area contributed by atoms with Gasteiger partial charge in [0.15, 0.2) is 5.13 Å². The summed E-state index contributed by atoms with van der Waals surface area (Å²) in [4.78, 5) is 18.4. The molecule has 1 heterocycles. The summed E-state index contributed by atoms with van der Waals surface area (Å²) in [6, 6.07) is 0.279. The summed E-state index contributed by atoms with van der Waals surface area (Å²) in [5, 5.41) is 4.03. The van der Waals surface area contributed by atoms with Gasteiger partial charge in [0.2, 0.25) is 0 Å². The summed E-state index contributed by atoms with van der Waals surface area (Å²) < 4.78 is 4.70. The Labute approximate surface area is 106 Å². The van der Waals surface area contributed by atoms with E-state index in [2.05, 4.69) is 22.1 Å². The Morgan fingerprint density at radius 1 is 1.59 bits per heavy atom. The van der Waals surface area contributed by atoms with E-state index < -0.39 is 0 Å². The molecule has 1 unspecified atom stereocenters. The van der Waals surface area contributed by atoms with Crippen molar-refractivity contribution in [3.05, 3.63) is 10.6 Å². The summed E-state index contributed by atoms with van der Waals surface area (Å²) in [6.45, 7) is 4.80. The zero-order chi connectivity index (χ0) is 13.0. The van der Waals surface area contributed by atoms with Crippen LogP contribution in [0.1, 0.15) is 22.3 Å². The molecule has 0 saturated carbocycles. The molecule has 6 heteroatoms. The fourth-order valence-corrected chi connectivity index (χ4v) is 2.54. The fourth-order valence-electron chi connectivity index (χ4n) is 1.54. The number of methoxy groups -OCH3 is 1. The smallest absolute Gasteiger partial charge is 0.350 e. The minimum Gasteiger partial charge on any atom is -0.465 e. The van der Waals surface area contributed by atoms with Crippen LogP contribution in [0.5, 0.6) is 0 Å². The van der Waals surface area contributed by atoms with Gasteiger partial charge in [-0.05, 0) is 27.9 Å². The number of carbonyl (C=O) groups excluding carboxylic acids is 1. The molecule has 0 amide bonds. The summed E-state index contributed by atoms with van der Waals surface area (Å²) in [5.41, 5.74) is 0.710. The predicted octanol–water partition coefficient (Wildman–Crippen LogP) is 1.60. The predicted molar refractivity (Wildman–Crippen MR) is 69.8 cm³/mol. The topological polar surface area (TPSA) is 54.5 Å². The molecule has 0 aromatic carbocycles. The monoisotopic (exact) mass is 257 g/mol. The fraction of sp³-hybridized carbons (Fsp3) is 0.636. The van der Waals surface area contributed by atoms with E-state index >= 15 is 0 Å². The SMILES string of the molecule is COC(=O)c1sc(NC(C)CN(C)C)nc1C. The highest BCUT2D eigenvalue weighted by molar-refractivity contribution is 7.17. The first-order valence-electron chi connectivity index (χ1n) is 5.41. The molecule has 1 atom stereocenters. The number of anilines is 1. The van der Waals surface area contributed by atoms with E-state index in [-0.39, 0.29) is 12.0 Å². The van der Waals surface area contributed by atoms with Gasteiger partial charge >= 0.3 is 5.97 Å². The maximum absolute atomic E-state index is 11.4. The second-order valence-corrected chi connectivity index (χ2v) is 5.23. The van der Waals surface area contributed by atoms with Gasteiger partial charge in [0.1, 0.15) is 4.88 Å². The van der Waals surface area contributed by atoms with Crippen molar-refractivity contribution in [2.45, 2.75) is 19.9 Å². The zero-order valence-electron chi connectivity index (χ0n) is 10.9. The van der Waals surface area contributed by atoms with Gasteiger partial charge in [0.05, 0.1) is 12.8 Å². The van der Waals surface area contributed by atoms with Crippen molar-refractivity contribution in [3.63, 3.8) is 0 Å². The highest BCUT2D eigenvalue weighted by Crippen LogP contribution is 2.23.